The topological polar surface area (TPSA) is 20.3 Å². The predicted octanol–water partition coefficient (Wildman–Crippen LogP) is 2.36. The summed E-state index contributed by atoms with van der Waals surface area (Å²) in [7, 11) is 0. The summed E-state index contributed by atoms with van der Waals surface area (Å²) in [6, 6.07) is 0. The third kappa shape index (κ3) is 1.99. The first-order chi connectivity index (χ1) is 6.77. The van der Waals surface area contributed by atoms with E-state index in [-0.39, 0.29) is 5.92 Å². The fraction of sp³-hybridized carbons (Fsp3) is 0.750. The minimum absolute atomic E-state index is 0.259. The van der Waals surface area contributed by atoms with E-state index in [1.54, 1.807) is 0 Å². The molecule has 2 nitrogen and oxygen atoms in total. The molecule has 1 heterocycles. The number of likely N-dealkylation sites (tertiary alicyclic amines) is 1. The van der Waals surface area contributed by atoms with Crippen molar-refractivity contribution in [1.29, 1.82) is 0 Å². The van der Waals surface area contributed by atoms with E-state index in [0.717, 1.165) is 38.8 Å². The van der Waals surface area contributed by atoms with Crippen molar-refractivity contribution in [2.75, 3.05) is 13.1 Å². The molecule has 0 bridgehead atoms. The summed E-state index contributed by atoms with van der Waals surface area (Å²) in [4.78, 5) is 14.1. The molecule has 0 spiro atoms. The van der Waals surface area contributed by atoms with Gasteiger partial charge in [0, 0.05) is 19.0 Å². The van der Waals surface area contributed by atoms with Crippen molar-refractivity contribution >= 4 is 5.91 Å². The molecule has 1 atom stereocenters. The molecule has 2 fully saturated rings. The molecule has 1 aliphatic heterocycles. The average Bonchev–Trinajstić information content (AvgIpc) is 2.69. The fourth-order valence-electron chi connectivity index (χ4n) is 2.56. The van der Waals surface area contributed by atoms with Gasteiger partial charge in [0.15, 0.2) is 0 Å². The van der Waals surface area contributed by atoms with Crippen molar-refractivity contribution in [1.82, 2.24) is 4.90 Å². The second kappa shape index (κ2) is 4.16. The Bertz CT molecular complexity index is 241. The maximum Gasteiger partial charge on any atom is 0.226 e. The van der Waals surface area contributed by atoms with Crippen molar-refractivity contribution in [3.05, 3.63) is 12.2 Å². The summed E-state index contributed by atoms with van der Waals surface area (Å²) in [5.41, 5.74) is 1.27. The van der Waals surface area contributed by atoms with Gasteiger partial charge in [0.2, 0.25) is 5.91 Å². The first kappa shape index (κ1) is 9.75. The summed E-state index contributed by atoms with van der Waals surface area (Å²) in [6.07, 6.45) is 6.69. The zero-order chi connectivity index (χ0) is 9.97. The highest BCUT2D eigenvalue weighted by atomic mass is 16.2. The van der Waals surface area contributed by atoms with Gasteiger partial charge in [-0.15, -0.1) is 0 Å². The lowest BCUT2D eigenvalue weighted by molar-refractivity contribution is -0.134. The molecule has 1 saturated heterocycles. The summed E-state index contributed by atoms with van der Waals surface area (Å²) in [5, 5.41) is 0. The van der Waals surface area contributed by atoms with Crippen molar-refractivity contribution in [3.63, 3.8) is 0 Å². The van der Waals surface area contributed by atoms with E-state index in [1.807, 2.05) is 4.90 Å². The number of nitrogens with zero attached hydrogens (tertiary/aromatic N) is 1. The third-order valence-corrected chi connectivity index (χ3v) is 3.38. The van der Waals surface area contributed by atoms with E-state index in [1.165, 1.54) is 18.4 Å². The quantitative estimate of drug-likeness (QED) is 0.585. The molecule has 1 amide bonds. The number of carbonyl (C=O) groups is 1. The Morgan fingerprint density at radius 2 is 2.00 bits per heavy atom. The second-order valence-electron chi connectivity index (χ2n) is 4.58. The molecule has 78 valence electrons. The highest BCUT2D eigenvalue weighted by Crippen LogP contribution is 2.29. The van der Waals surface area contributed by atoms with Crippen LogP contribution in [-0.2, 0) is 4.79 Å². The smallest absolute Gasteiger partial charge is 0.226 e. The Balaban J connectivity index is 1.92. The maximum atomic E-state index is 12.0. The minimum atomic E-state index is 0.259. The standard InChI is InChI=1S/C12H19NO/c1-10-5-4-6-11(9-10)12(14)13-7-2-3-8-13/h11H,1-9H2. The van der Waals surface area contributed by atoms with Gasteiger partial charge in [-0.2, -0.15) is 0 Å². The van der Waals surface area contributed by atoms with Gasteiger partial charge in [-0.25, -0.2) is 0 Å². The van der Waals surface area contributed by atoms with Gasteiger partial charge in [0.1, 0.15) is 0 Å². The van der Waals surface area contributed by atoms with Crippen LogP contribution in [-0.4, -0.2) is 23.9 Å². The third-order valence-electron chi connectivity index (χ3n) is 3.38. The predicted molar refractivity (Wildman–Crippen MR) is 56.9 cm³/mol. The van der Waals surface area contributed by atoms with E-state index >= 15 is 0 Å². The Morgan fingerprint density at radius 3 is 2.64 bits per heavy atom. The van der Waals surface area contributed by atoms with Crippen LogP contribution in [0.1, 0.15) is 38.5 Å². The summed E-state index contributed by atoms with van der Waals surface area (Å²) >= 11 is 0. The molecule has 1 aliphatic carbocycles. The maximum absolute atomic E-state index is 12.0. The number of hydrogen-bond donors (Lipinski definition) is 0. The van der Waals surface area contributed by atoms with Crippen LogP contribution in [0.3, 0.4) is 0 Å². The number of hydrogen-bond acceptors (Lipinski definition) is 1. The summed E-state index contributed by atoms with van der Waals surface area (Å²) in [5.74, 6) is 0.651. The van der Waals surface area contributed by atoms with Crippen LogP contribution in [0.5, 0.6) is 0 Å². The molecular formula is C12H19NO. The van der Waals surface area contributed by atoms with Gasteiger partial charge in [-0.05, 0) is 38.5 Å². The Morgan fingerprint density at radius 1 is 1.29 bits per heavy atom. The van der Waals surface area contributed by atoms with Crippen LogP contribution >= 0.6 is 0 Å². The minimum Gasteiger partial charge on any atom is -0.342 e. The molecule has 0 N–H and O–H groups in total. The molecule has 14 heavy (non-hydrogen) atoms. The Labute approximate surface area is 86.0 Å². The van der Waals surface area contributed by atoms with E-state index in [0.29, 0.717) is 5.91 Å². The number of carbonyl (C=O) groups excluding carboxylic acids is 1. The normalized spacial score (nSPS) is 28.1. The number of allylic oxidation sites excluding steroid dienone is 1. The molecule has 0 aromatic heterocycles. The summed E-state index contributed by atoms with van der Waals surface area (Å²) in [6.45, 7) is 5.98. The summed E-state index contributed by atoms with van der Waals surface area (Å²) < 4.78 is 0. The SMILES string of the molecule is C=C1CCCC(C(=O)N2CCCC2)C1. The zero-order valence-electron chi connectivity index (χ0n) is 8.80. The van der Waals surface area contributed by atoms with Crippen LogP contribution in [0.15, 0.2) is 12.2 Å². The molecule has 0 aromatic carbocycles. The molecule has 2 heteroatoms. The molecule has 0 radical (unpaired) electrons. The molecule has 2 aliphatic rings. The van der Waals surface area contributed by atoms with Crippen LogP contribution in [0.25, 0.3) is 0 Å². The lowest BCUT2D eigenvalue weighted by Gasteiger charge is -2.27. The zero-order valence-corrected chi connectivity index (χ0v) is 8.80. The van der Waals surface area contributed by atoms with Crippen LogP contribution in [0, 0.1) is 5.92 Å². The first-order valence-electron chi connectivity index (χ1n) is 5.73. The van der Waals surface area contributed by atoms with Crippen LogP contribution < -0.4 is 0 Å². The number of rotatable bonds is 1. The van der Waals surface area contributed by atoms with Gasteiger partial charge in [0.25, 0.3) is 0 Å². The monoisotopic (exact) mass is 193 g/mol. The largest absolute Gasteiger partial charge is 0.342 e. The van der Waals surface area contributed by atoms with E-state index < -0.39 is 0 Å². The van der Waals surface area contributed by atoms with E-state index in [9.17, 15) is 4.79 Å². The number of amides is 1. The van der Waals surface area contributed by atoms with Gasteiger partial charge < -0.3 is 4.90 Å². The van der Waals surface area contributed by atoms with Gasteiger partial charge in [-0.1, -0.05) is 12.2 Å². The van der Waals surface area contributed by atoms with Crippen LogP contribution in [0.2, 0.25) is 0 Å². The highest BCUT2D eigenvalue weighted by molar-refractivity contribution is 5.79. The molecular weight excluding hydrogens is 174 g/mol. The molecule has 1 saturated carbocycles. The van der Waals surface area contributed by atoms with E-state index in [2.05, 4.69) is 6.58 Å². The lowest BCUT2D eigenvalue weighted by Crippen LogP contribution is -2.34. The van der Waals surface area contributed by atoms with Crippen LogP contribution in [0.4, 0.5) is 0 Å². The molecule has 1 unspecified atom stereocenters. The highest BCUT2D eigenvalue weighted by Gasteiger charge is 2.28. The van der Waals surface area contributed by atoms with E-state index in [4.69, 9.17) is 0 Å². The van der Waals surface area contributed by atoms with Crippen molar-refractivity contribution < 1.29 is 4.79 Å². The Kier molecular flexibility index (Phi) is 2.90. The van der Waals surface area contributed by atoms with Gasteiger partial charge in [0.05, 0.1) is 0 Å². The van der Waals surface area contributed by atoms with Crippen molar-refractivity contribution in [3.8, 4) is 0 Å². The van der Waals surface area contributed by atoms with Gasteiger partial charge >= 0.3 is 0 Å². The molecule has 0 aromatic rings. The fourth-order valence-corrected chi connectivity index (χ4v) is 2.56. The molecule has 2 rings (SSSR count). The van der Waals surface area contributed by atoms with Crippen molar-refractivity contribution in [2.45, 2.75) is 38.5 Å². The Hall–Kier alpha value is -0.790. The average molecular weight is 193 g/mol. The van der Waals surface area contributed by atoms with Crippen molar-refractivity contribution in [2.24, 2.45) is 5.92 Å². The second-order valence-corrected chi connectivity index (χ2v) is 4.58. The lowest BCUT2D eigenvalue weighted by atomic mass is 9.85. The van der Waals surface area contributed by atoms with Gasteiger partial charge in [-0.3, -0.25) is 4.79 Å². The first-order valence-corrected chi connectivity index (χ1v) is 5.73.